The van der Waals surface area contributed by atoms with E-state index in [0.29, 0.717) is 0 Å². The summed E-state index contributed by atoms with van der Waals surface area (Å²) in [6.07, 6.45) is 1.28. The van der Waals surface area contributed by atoms with E-state index < -0.39 is 29.1 Å². The minimum absolute atomic E-state index is 0.167. The monoisotopic (exact) mass is 268 g/mol. The first-order valence-electron chi connectivity index (χ1n) is 5.09. The van der Waals surface area contributed by atoms with Gasteiger partial charge in [0, 0.05) is 6.20 Å². The van der Waals surface area contributed by atoms with Crippen LogP contribution in [0.1, 0.15) is 10.4 Å². The summed E-state index contributed by atoms with van der Waals surface area (Å²) in [4.78, 5) is 14.6. The molecule has 2 aromatic rings. The maximum atomic E-state index is 13.4. The molecule has 0 aliphatic carbocycles. The summed E-state index contributed by atoms with van der Waals surface area (Å²) >= 11 is 0. The maximum absolute atomic E-state index is 13.4. The van der Waals surface area contributed by atoms with Gasteiger partial charge in [0.25, 0.3) is 0 Å². The SMILES string of the molecule is O=C(O)c1cccnc1Nc1ccc(F)c(F)c1F. The molecule has 0 unspecified atom stereocenters. The molecule has 19 heavy (non-hydrogen) atoms. The van der Waals surface area contributed by atoms with Crippen LogP contribution in [-0.2, 0) is 0 Å². The van der Waals surface area contributed by atoms with Gasteiger partial charge in [-0.2, -0.15) is 0 Å². The van der Waals surface area contributed by atoms with E-state index in [0.717, 1.165) is 12.1 Å². The summed E-state index contributed by atoms with van der Waals surface area (Å²) in [6, 6.07) is 4.31. The molecular weight excluding hydrogens is 261 g/mol. The van der Waals surface area contributed by atoms with Crippen LogP contribution in [0.4, 0.5) is 24.7 Å². The van der Waals surface area contributed by atoms with Crippen molar-refractivity contribution in [3.05, 3.63) is 53.5 Å². The molecule has 0 saturated carbocycles. The van der Waals surface area contributed by atoms with Crippen LogP contribution in [0.25, 0.3) is 0 Å². The van der Waals surface area contributed by atoms with Crippen molar-refractivity contribution in [3.63, 3.8) is 0 Å². The Bertz CT molecular complexity index is 647. The van der Waals surface area contributed by atoms with Gasteiger partial charge in [-0.3, -0.25) is 0 Å². The summed E-state index contributed by atoms with van der Waals surface area (Å²) in [5.74, 6) is -5.86. The van der Waals surface area contributed by atoms with Gasteiger partial charge in [-0.15, -0.1) is 0 Å². The van der Waals surface area contributed by atoms with Crippen molar-refractivity contribution in [3.8, 4) is 0 Å². The third-order valence-electron chi connectivity index (χ3n) is 2.33. The van der Waals surface area contributed by atoms with E-state index in [1.165, 1.54) is 18.3 Å². The summed E-state index contributed by atoms with van der Waals surface area (Å²) in [7, 11) is 0. The Kier molecular flexibility index (Phi) is 3.37. The van der Waals surface area contributed by atoms with Gasteiger partial charge in [0.1, 0.15) is 11.4 Å². The van der Waals surface area contributed by atoms with Gasteiger partial charge in [0.15, 0.2) is 17.5 Å². The van der Waals surface area contributed by atoms with Crippen LogP contribution >= 0.6 is 0 Å². The average Bonchev–Trinajstić information content (AvgIpc) is 2.40. The van der Waals surface area contributed by atoms with Crippen LogP contribution in [0, 0.1) is 17.5 Å². The molecule has 0 bridgehead atoms. The number of rotatable bonds is 3. The van der Waals surface area contributed by atoms with E-state index in [1.807, 2.05) is 0 Å². The molecule has 1 heterocycles. The topological polar surface area (TPSA) is 62.2 Å². The fraction of sp³-hybridized carbons (Fsp3) is 0. The number of aromatic nitrogens is 1. The van der Waals surface area contributed by atoms with Gasteiger partial charge < -0.3 is 10.4 Å². The number of nitrogens with zero attached hydrogens (tertiary/aromatic N) is 1. The zero-order valence-electron chi connectivity index (χ0n) is 9.32. The van der Waals surface area contributed by atoms with Crippen molar-refractivity contribution in [2.75, 3.05) is 5.32 Å². The van der Waals surface area contributed by atoms with Crippen LogP contribution in [0.15, 0.2) is 30.5 Å². The molecule has 0 atom stereocenters. The average molecular weight is 268 g/mol. The molecule has 1 aromatic heterocycles. The second-order valence-corrected chi connectivity index (χ2v) is 3.55. The normalized spacial score (nSPS) is 10.3. The highest BCUT2D eigenvalue weighted by Crippen LogP contribution is 2.24. The largest absolute Gasteiger partial charge is 0.478 e. The van der Waals surface area contributed by atoms with Crippen LogP contribution in [0.2, 0.25) is 0 Å². The molecule has 4 nitrogen and oxygen atoms in total. The van der Waals surface area contributed by atoms with Crippen molar-refractivity contribution < 1.29 is 23.1 Å². The van der Waals surface area contributed by atoms with E-state index in [4.69, 9.17) is 5.11 Å². The number of anilines is 2. The van der Waals surface area contributed by atoms with Crippen LogP contribution in [-0.4, -0.2) is 16.1 Å². The number of carboxylic acids is 1. The number of carboxylic acid groups (broad SMARTS) is 1. The smallest absolute Gasteiger partial charge is 0.339 e. The number of aromatic carboxylic acids is 1. The molecule has 1 aromatic carbocycles. The molecule has 2 rings (SSSR count). The van der Waals surface area contributed by atoms with Gasteiger partial charge in [-0.25, -0.2) is 22.9 Å². The first-order chi connectivity index (χ1) is 9.00. The highest BCUT2D eigenvalue weighted by Gasteiger charge is 2.16. The molecule has 2 N–H and O–H groups in total. The first-order valence-corrected chi connectivity index (χ1v) is 5.09. The Morgan fingerprint density at radius 2 is 1.89 bits per heavy atom. The number of carbonyl (C=O) groups is 1. The van der Waals surface area contributed by atoms with E-state index in [-0.39, 0.29) is 11.4 Å². The number of pyridine rings is 1. The molecular formula is C12H7F3N2O2. The van der Waals surface area contributed by atoms with Crippen LogP contribution < -0.4 is 5.32 Å². The molecule has 0 aliphatic heterocycles. The lowest BCUT2D eigenvalue weighted by molar-refractivity contribution is 0.0697. The molecule has 0 radical (unpaired) electrons. The molecule has 0 aliphatic rings. The summed E-state index contributed by atoms with van der Waals surface area (Å²) < 4.78 is 39.2. The number of nitrogens with one attached hydrogen (secondary N) is 1. The summed E-state index contributed by atoms with van der Waals surface area (Å²) in [6.45, 7) is 0. The van der Waals surface area contributed by atoms with Crippen molar-refractivity contribution in [2.24, 2.45) is 0 Å². The lowest BCUT2D eigenvalue weighted by Gasteiger charge is -2.09. The summed E-state index contributed by atoms with van der Waals surface area (Å²) in [5, 5.41) is 11.2. The lowest BCUT2D eigenvalue weighted by atomic mass is 10.2. The molecule has 0 fully saturated rings. The molecule has 98 valence electrons. The zero-order valence-corrected chi connectivity index (χ0v) is 9.32. The highest BCUT2D eigenvalue weighted by molar-refractivity contribution is 5.93. The Morgan fingerprint density at radius 1 is 1.16 bits per heavy atom. The van der Waals surface area contributed by atoms with Crippen LogP contribution in [0.5, 0.6) is 0 Å². The second-order valence-electron chi connectivity index (χ2n) is 3.55. The molecule has 0 spiro atoms. The van der Waals surface area contributed by atoms with E-state index >= 15 is 0 Å². The van der Waals surface area contributed by atoms with Crippen molar-refractivity contribution in [2.45, 2.75) is 0 Å². The van der Waals surface area contributed by atoms with Gasteiger partial charge >= 0.3 is 5.97 Å². The van der Waals surface area contributed by atoms with Crippen LogP contribution in [0.3, 0.4) is 0 Å². The zero-order chi connectivity index (χ0) is 14.0. The minimum Gasteiger partial charge on any atom is -0.478 e. The Labute approximate surface area is 105 Å². The third kappa shape index (κ3) is 2.49. The van der Waals surface area contributed by atoms with Crippen molar-refractivity contribution in [1.82, 2.24) is 4.98 Å². The Morgan fingerprint density at radius 3 is 2.58 bits per heavy atom. The lowest BCUT2D eigenvalue weighted by Crippen LogP contribution is -2.06. The fourth-order valence-corrected chi connectivity index (χ4v) is 1.43. The number of halogens is 3. The molecule has 7 heteroatoms. The molecule has 0 saturated heterocycles. The first kappa shape index (κ1) is 12.9. The van der Waals surface area contributed by atoms with E-state index in [1.54, 1.807) is 0 Å². The molecule has 0 amide bonds. The Balaban J connectivity index is 2.42. The van der Waals surface area contributed by atoms with Gasteiger partial charge in [-0.1, -0.05) is 0 Å². The maximum Gasteiger partial charge on any atom is 0.339 e. The van der Waals surface area contributed by atoms with Gasteiger partial charge in [0.2, 0.25) is 0 Å². The van der Waals surface area contributed by atoms with Crippen molar-refractivity contribution >= 4 is 17.5 Å². The number of benzene rings is 1. The van der Waals surface area contributed by atoms with Crippen molar-refractivity contribution in [1.29, 1.82) is 0 Å². The summed E-state index contributed by atoms with van der Waals surface area (Å²) in [5.41, 5.74) is -0.619. The predicted octanol–water partition coefficient (Wildman–Crippen LogP) is 2.94. The van der Waals surface area contributed by atoms with Gasteiger partial charge in [-0.05, 0) is 24.3 Å². The van der Waals surface area contributed by atoms with E-state index in [2.05, 4.69) is 10.3 Å². The quantitative estimate of drug-likeness (QED) is 0.840. The Hall–Kier alpha value is -2.57. The number of hydrogen-bond acceptors (Lipinski definition) is 3. The third-order valence-corrected chi connectivity index (χ3v) is 2.33. The standard InChI is InChI=1S/C12H7F3N2O2/c13-7-3-4-8(10(15)9(7)14)17-11-6(12(18)19)2-1-5-16-11/h1-5H,(H,16,17)(H,18,19). The predicted molar refractivity (Wildman–Crippen MR) is 60.8 cm³/mol. The minimum atomic E-state index is -1.64. The van der Waals surface area contributed by atoms with E-state index in [9.17, 15) is 18.0 Å². The van der Waals surface area contributed by atoms with Gasteiger partial charge in [0.05, 0.1) is 5.69 Å². The number of hydrogen-bond donors (Lipinski definition) is 2. The highest BCUT2D eigenvalue weighted by atomic mass is 19.2. The second kappa shape index (κ2) is 4.97. The fourth-order valence-electron chi connectivity index (χ4n) is 1.43.